The van der Waals surface area contributed by atoms with E-state index in [2.05, 4.69) is 28.4 Å². The van der Waals surface area contributed by atoms with E-state index >= 15 is 0 Å². The molecule has 1 atom stereocenters. The number of piperidine rings is 1. The maximum atomic E-state index is 4.35. The Morgan fingerprint density at radius 2 is 2.20 bits per heavy atom. The highest BCUT2D eigenvalue weighted by atomic mass is 15.2. The molecule has 3 nitrogen and oxygen atoms in total. The molecule has 0 unspecified atom stereocenters. The Hall–Kier alpha value is -1.38. The van der Waals surface area contributed by atoms with E-state index in [4.69, 9.17) is 0 Å². The van der Waals surface area contributed by atoms with Crippen LogP contribution in [0, 0.1) is 5.92 Å². The topological polar surface area (TPSA) is 29.0 Å². The van der Waals surface area contributed by atoms with E-state index < -0.39 is 0 Å². The number of rotatable bonds is 2. The summed E-state index contributed by atoms with van der Waals surface area (Å²) in [5, 5.41) is 0. The van der Waals surface area contributed by atoms with Gasteiger partial charge >= 0.3 is 0 Å². The second kappa shape index (κ2) is 4.43. The molecular formula is C12H17N3. The largest absolute Gasteiger partial charge is 0.341 e. The molecule has 0 radical (unpaired) electrons. The van der Waals surface area contributed by atoms with E-state index in [9.17, 15) is 0 Å². The molecule has 15 heavy (non-hydrogen) atoms. The SMILES string of the molecule is C=Cc1cnc(N2CCC[C@@H](C)C2)nc1. The average Bonchev–Trinajstić information content (AvgIpc) is 2.29. The molecule has 0 N–H and O–H groups in total. The van der Waals surface area contributed by atoms with Gasteiger partial charge in [0, 0.05) is 31.0 Å². The van der Waals surface area contributed by atoms with Gasteiger partial charge in [-0.2, -0.15) is 0 Å². The molecule has 1 aliphatic heterocycles. The molecule has 2 heterocycles. The summed E-state index contributed by atoms with van der Waals surface area (Å²) in [5.41, 5.74) is 0.976. The number of hydrogen-bond donors (Lipinski definition) is 0. The van der Waals surface area contributed by atoms with Crippen molar-refractivity contribution in [2.45, 2.75) is 19.8 Å². The lowest BCUT2D eigenvalue weighted by Crippen LogP contribution is -2.35. The van der Waals surface area contributed by atoms with Gasteiger partial charge in [0.15, 0.2) is 0 Å². The molecule has 0 amide bonds. The molecule has 1 aromatic rings. The average molecular weight is 203 g/mol. The van der Waals surface area contributed by atoms with E-state index in [-0.39, 0.29) is 0 Å². The summed E-state index contributed by atoms with van der Waals surface area (Å²) in [6.07, 6.45) is 7.99. The summed E-state index contributed by atoms with van der Waals surface area (Å²) < 4.78 is 0. The fourth-order valence-electron chi connectivity index (χ4n) is 1.97. The first-order chi connectivity index (χ1) is 7.29. The molecule has 2 rings (SSSR count). The van der Waals surface area contributed by atoms with Crippen LogP contribution in [0.5, 0.6) is 0 Å². The Bertz CT molecular complexity index is 331. The van der Waals surface area contributed by atoms with Crippen molar-refractivity contribution in [2.24, 2.45) is 5.92 Å². The Labute approximate surface area is 90.9 Å². The minimum atomic E-state index is 0.751. The molecule has 1 saturated heterocycles. The van der Waals surface area contributed by atoms with Crippen LogP contribution in [-0.4, -0.2) is 23.1 Å². The zero-order valence-corrected chi connectivity index (χ0v) is 9.19. The molecule has 0 spiro atoms. The van der Waals surface area contributed by atoms with Crippen molar-refractivity contribution in [1.29, 1.82) is 0 Å². The number of nitrogens with zero attached hydrogens (tertiary/aromatic N) is 3. The summed E-state index contributed by atoms with van der Waals surface area (Å²) in [6.45, 7) is 8.13. The molecule has 1 aromatic heterocycles. The van der Waals surface area contributed by atoms with Crippen LogP contribution in [0.2, 0.25) is 0 Å². The van der Waals surface area contributed by atoms with Crippen molar-refractivity contribution < 1.29 is 0 Å². The summed E-state index contributed by atoms with van der Waals surface area (Å²) in [7, 11) is 0. The molecule has 3 heteroatoms. The minimum absolute atomic E-state index is 0.751. The Balaban J connectivity index is 2.11. The van der Waals surface area contributed by atoms with Crippen LogP contribution in [0.15, 0.2) is 19.0 Å². The highest BCUT2D eigenvalue weighted by Gasteiger charge is 2.17. The van der Waals surface area contributed by atoms with Crippen molar-refractivity contribution in [3.05, 3.63) is 24.5 Å². The van der Waals surface area contributed by atoms with Crippen LogP contribution in [0.4, 0.5) is 5.95 Å². The van der Waals surface area contributed by atoms with Crippen LogP contribution in [0.3, 0.4) is 0 Å². The predicted octanol–water partition coefficient (Wildman–Crippen LogP) is 2.36. The van der Waals surface area contributed by atoms with Gasteiger partial charge in [-0.3, -0.25) is 0 Å². The van der Waals surface area contributed by atoms with Gasteiger partial charge in [-0.05, 0) is 18.8 Å². The van der Waals surface area contributed by atoms with Gasteiger partial charge in [0.2, 0.25) is 5.95 Å². The van der Waals surface area contributed by atoms with E-state index in [1.54, 1.807) is 6.08 Å². The summed E-state index contributed by atoms with van der Waals surface area (Å²) >= 11 is 0. The van der Waals surface area contributed by atoms with Crippen LogP contribution in [0.1, 0.15) is 25.3 Å². The van der Waals surface area contributed by atoms with Gasteiger partial charge in [-0.25, -0.2) is 9.97 Å². The lowest BCUT2D eigenvalue weighted by molar-refractivity contribution is 0.442. The van der Waals surface area contributed by atoms with Crippen LogP contribution in [0.25, 0.3) is 6.08 Å². The Morgan fingerprint density at radius 3 is 2.80 bits per heavy atom. The molecule has 1 aliphatic rings. The normalized spacial score (nSPS) is 21.4. The highest BCUT2D eigenvalue weighted by Crippen LogP contribution is 2.19. The predicted molar refractivity (Wildman–Crippen MR) is 62.7 cm³/mol. The second-order valence-corrected chi connectivity index (χ2v) is 4.21. The lowest BCUT2D eigenvalue weighted by Gasteiger charge is -2.30. The quantitative estimate of drug-likeness (QED) is 0.739. The molecular weight excluding hydrogens is 186 g/mol. The van der Waals surface area contributed by atoms with E-state index in [0.29, 0.717) is 0 Å². The smallest absolute Gasteiger partial charge is 0.225 e. The third-order valence-electron chi connectivity index (χ3n) is 2.83. The van der Waals surface area contributed by atoms with Gasteiger partial charge in [-0.1, -0.05) is 19.6 Å². The Morgan fingerprint density at radius 1 is 1.47 bits per heavy atom. The fraction of sp³-hybridized carbons (Fsp3) is 0.500. The molecule has 0 bridgehead atoms. The van der Waals surface area contributed by atoms with Gasteiger partial charge in [0.05, 0.1) is 0 Å². The van der Waals surface area contributed by atoms with E-state index in [0.717, 1.165) is 30.5 Å². The molecule has 0 aliphatic carbocycles. The first-order valence-corrected chi connectivity index (χ1v) is 5.49. The van der Waals surface area contributed by atoms with Gasteiger partial charge < -0.3 is 4.90 Å². The summed E-state index contributed by atoms with van der Waals surface area (Å²) in [4.78, 5) is 11.0. The summed E-state index contributed by atoms with van der Waals surface area (Å²) in [6, 6.07) is 0. The van der Waals surface area contributed by atoms with Gasteiger partial charge in [0.1, 0.15) is 0 Å². The summed E-state index contributed by atoms with van der Waals surface area (Å²) in [5.74, 6) is 1.61. The lowest BCUT2D eigenvalue weighted by atomic mass is 10.0. The zero-order chi connectivity index (χ0) is 10.7. The number of anilines is 1. The van der Waals surface area contributed by atoms with Gasteiger partial charge in [-0.15, -0.1) is 0 Å². The maximum Gasteiger partial charge on any atom is 0.225 e. The second-order valence-electron chi connectivity index (χ2n) is 4.21. The molecule has 0 aromatic carbocycles. The van der Waals surface area contributed by atoms with E-state index in [1.807, 2.05) is 12.4 Å². The van der Waals surface area contributed by atoms with Crippen LogP contribution >= 0.6 is 0 Å². The first kappa shape index (κ1) is 10.1. The minimum Gasteiger partial charge on any atom is -0.341 e. The number of hydrogen-bond acceptors (Lipinski definition) is 3. The van der Waals surface area contributed by atoms with Crippen molar-refractivity contribution in [2.75, 3.05) is 18.0 Å². The van der Waals surface area contributed by atoms with Crippen molar-refractivity contribution >= 4 is 12.0 Å². The van der Waals surface area contributed by atoms with Crippen molar-refractivity contribution in [1.82, 2.24) is 9.97 Å². The van der Waals surface area contributed by atoms with Crippen molar-refractivity contribution in [3.8, 4) is 0 Å². The highest BCUT2D eigenvalue weighted by molar-refractivity contribution is 5.45. The zero-order valence-electron chi connectivity index (χ0n) is 9.19. The third-order valence-corrected chi connectivity index (χ3v) is 2.83. The maximum absolute atomic E-state index is 4.35. The Kier molecular flexibility index (Phi) is 2.99. The van der Waals surface area contributed by atoms with Crippen LogP contribution < -0.4 is 4.90 Å². The first-order valence-electron chi connectivity index (χ1n) is 5.49. The van der Waals surface area contributed by atoms with Gasteiger partial charge in [0.25, 0.3) is 0 Å². The monoisotopic (exact) mass is 203 g/mol. The standard InChI is InChI=1S/C12H17N3/c1-3-11-7-13-12(14-8-11)15-6-4-5-10(2)9-15/h3,7-8,10H,1,4-6,9H2,2H3/t10-/m1/s1. The third kappa shape index (κ3) is 2.35. The van der Waals surface area contributed by atoms with Crippen LogP contribution in [-0.2, 0) is 0 Å². The molecule has 80 valence electrons. The molecule has 1 fully saturated rings. The number of aromatic nitrogens is 2. The van der Waals surface area contributed by atoms with Crippen molar-refractivity contribution in [3.63, 3.8) is 0 Å². The molecule has 0 saturated carbocycles. The van der Waals surface area contributed by atoms with E-state index in [1.165, 1.54) is 12.8 Å². The fourth-order valence-corrected chi connectivity index (χ4v) is 1.97.